The fraction of sp³-hybridized carbons (Fsp3) is 0.333. The van der Waals surface area contributed by atoms with Gasteiger partial charge in [0.15, 0.2) is 0 Å². The Morgan fingerprint density at radius 1 is 1.19 bits per heavy atom. The number of nitrogens with zero attached hydrogens (tertiary/aromatic N) is 1. The van der Waals surface area contributed by atoms with E-state index >= 15 is 0 Å². The zero-order valence-electron chi connectivity index (χ0n) is 10.9. The Hall–Kier alpha value is -1.58. The lowest BCUT2D eigenvalue weighted by molar-refractivity contribution is -0.142. The fourth-order valence-electron chi connectivity index (χ4n) is 1.70. The number of sulfonamides is 1. The highest BCUT2D eigenvalue weighted by Gasteiger charge is 2.35. The third-order valence-electron chi connectivity index (χ3n) is 2.65. The lowest BCUT2D eigenvalue weighted by Crippen LogP contribution is -2.49. The molecule has 1 atom stereocenters. The Balaban J connectivity index is 3.11. The zero-order chi connectivity index (χ0) is 16.0. The number of rotatable bonds is 8. The number of hydrogen-bond donors (Lipinski definition) is 3. The van der Waals surface area contributed by atoms with Crippen molar-refractivity contribution >= 4 is 34.6 Å². The van der Waals surface area contributed by atoms with Gasteiger partial charge in [-0.05, 0) is 5.56 Å². The van der Waals surface area contributed by atoms with Gasteiger partial charge in [-0.15, -0.1) is 0 Å². The third kappa shape index (κ3) is 5.03. The molecule has 0 aliphatic heterocycles. The summed E-state index contributed by atoms with van der Waals surface area (Å²) in [5, 5.41) is 17.9. The molecule has 0 amide bonds. The van der Waals surface area contributed by atoms with Crippen molar-refractivity contribution < 1.29 is 28.2 Å². The molecule has 0 aliphatic rings. The van der Waals surface area contributed by atoms with Gasteiger partial charge in [-0.1, -0.05) is 30.3 Å². The summed E-state index contributed by atoms with van der Waals surface area (Å²) >= 11 is 3.79. The third-order valence-corrected chi connectivity index (χ3v) is 4.79. The van der Waals surface area contributed by atoms with Gasteiger partial charge in [0.05, 0.1) is 5.75 Å². The first-order chi connectivity index (χ1) is 9.77. The largest absolute Gasteiger partial charge is 0.480 e. The molecular weight excluding hydrogens is 318 g/mol. The van der Waals surface area contributed by atoms with Crippen LogP contribution < -0.4 is 0 Å². The minimum atomic E-state index is -4.10. The molecule has 0 heterocycles. The molecule has 0 fully saturated rings. The number of benzene rings is 1. The van der Waals surface area contributed by atoms with Gasteiger partial charge in [-0.3, -0.25) is 9.59 Å². The number of carboxylic acids is 2. The summed E-state index contributed by atoms with van der Waals surface area (Å²) in [4.78, 5) is 21.9. The van der Waals surface area contributed by atoms with Crippen molar-refractivity contribution in [3.63, 3.8) is 0 Å². The van der Waals surface area contributed by atoms with E-state index in [0.717, 1.165) is 0 Å². The molecular formula is C12H15NO6S2. The molecule has 0 aromatic heterocycles. The van der Waals surface area contributed by atoms with Gasteiger partial charge in [0.25, 0.3) is 0 Å². The van der Waals surface area contributed by atoms with Crippen molar-refractivity contribution in [3.05, 3.63) is 35.9 Å². The molecule has 0 spiro atoms. The highest BCUT2D eigenvalue weighted by atomic mass is 32.2. The minimum Gasteiger partial charge on any atom is -0.480 e. The quantitative estimate of drug-likeness (QED) is 0.589. The molecule has 0 bridgehead atoms. The van der Waals surface area contributed by atoms with Crippen LogP contribution in [0.2, 0.25) is 0 Å². The van der Waals surface area contributed by atoms with E-state index in [1.807, 2.05) is 0 Å². The molecule has 0 aliphatic carbocycles. The highest BCUT2D eigenvalue weighted by Crippen LogP contribution is 2.15. The number of carboxylic acid groups (broad SMARTS) is 2. The lowest BCUT2D eigenvalue weighted by Gasteiger charge is -2.25. The van der Waals surface area contributed by atoms with Gasteiger partial charge in [-0.2, -0.15) is 16.9 Å². The molecule has 116 valence electrons. The molecule has 9 heteroatoms. The van der Waals surface area contributed by atoms with Crippen LogP contribution in [0, 0.1) is 0 Å². The summed E-state index contributed by atoms with van der Waals surface area (Å²) in [6.45, 7) is -0.924. The van der Waals surface area contributed by atoms with Crippen LogP contribution in [0.15, 0.2) is 30.3 Å². The van der Waals surface area contributed by atoms with E-state index in [9.17, 15) is 18.0 Å². The van der Waals surface area contributed by atoms with Crippen molar-refractivity contribution in [1.29, 1.82) is 0 Å². The van der Waals surface area contributed by atoms with E-state index in [4.69, 9.17) is 10.2 Å². The molecule has 0 saturated carbocycles. The molecule has 2 N–H and O–H groups in total. The van der Waals surface area contributed by atoms with Gasteiger partial charge in [0.2, 0.25) is 10.0 Å². The molecule has 0 saturated heterocycles. The van der Waals surface area contributed by atoms with Gasteiger partial charge in [-0.25, -0.2) is 8.42 Å². The van der Waals surface area contributed by atoms with Crippen LogP contribution in [-0.4, -0.2) is 53.2 Å². The standard InChI is InChI=1S/C12H15NO6S2/c14-11(15)6-13(10(7-20)12(16)17)21(18,19)8-9-4-2-1-3-5-9/h1-5,10,20H,6-8H2,(H,14,15)(H,16,17)/t10-/m0/s1. The Kier molecular flexibility index (Phi) is 6.19. The second-order valence-corrected chi connectivity index (χ2v) is 6.50. The smallest absolute Gasteiger partial charge is 0.322 e. The molecule has 7 nitrogen and oxygen atoms in total. The van der Waals surface area contributed by atoms with Crippen LogP contribution in [0.4, 0.5) is 0 Å². The maximum Gasteiger partial charge on any atom is 0.322 e. The Morgan fingerprint density at radius 3 is 2.19 bits per heavy atom. The predicted octanol–water partition coefficient (Wildman–Crippen LogP) is 0.286. The maximum atomic E-state index is 12.3. The Morgan fingerprint density at radius 2 is 1.76 bits per heavy atom. The predicted molar refractivity (Wildman–Crippen MR) is 78.7 cm³/mol. The topological polar surface area (TPSA) is 112 Å². The van der Waals surface area contributed by atoms with Gasteiger partial charge in [0, 0.05) is 5.75 Å². The molecule has 1 aromatic carbocycles. The molecule has 21 heavy (non-hydrogen) atoms. The van der Waals surface area contributed by atoms with Crippen molar-refractivity contribution in [2.45, 2.75) is 11.8 Å². The van der Waals surface area contributed by atoms with Crippen molar-refractivity contribution in [3.8, 4) is 0 Å². The van der Waals surface area contributed by atoms with Crippen LogP contribution in [-0.2, 0) is 25.4 Å². The zero-order valence-corrected chi connectivity index (χ0v) is 12.6. The second kappa shape index (κ2) is 7.43. The van der Waals surface area contributed by atoms with Gasteiger partial charge in [0.1, 0.15) is 12.6 Å². The highest BCUT2D eigenvalue weighted by molar-refractivity contribution is 7.88. The molecule has 1 rings (SSSR count). The van der Waals surface area contributed by atoms with Gasteiger partial charge >= 0.3 is 11.9 Å². The second-order valence-electron chi connectivity index (χ2n) is 4.22. The lowest BCUT2D eigenvalue weighted by atomic mass is 10.2. The molecule has 0 unspecified atom stereocenters. The van der Waals surface area contributed by atoms with Crippen LogP contribution in [0.3, 0.4) is 0 Å². The average molecular weight is 333 g/mol. The summed E-state index contributed by atoms with van der Waals surface area (Å²) in [6, 6.07) is 6.58. The van der Waals surface area contributed by atoms with Crippen molar-refractivity contribution in [2.75, 3.05) is 12.3 Å². The first-order valence-electron chi connectivity index (χ1n) is 5.87. The van der Waals surface area contributed by atoms with E-state index in [-0.39, 0.29) is 5.75 Å². The summed E-state index contributed by atoms with van der Waals surface area (Å²) in [7, 11) is -4.10. The molecule has 0 radical (unpaired) electrons. The average Bonchev–Trinajstić information content (AvgIpc) is 2.38. The van der Waals surface area contributed by atoms with Gasteiger partial charge < -0.3 is 10.2 Å². The number of hydrogen-bond acceptors (Lipinski definition) is 5. The van der Waals surface area contributed by atoms with Crippen molar-refractivity contribution in [2.24, 2.45) is 0 Å². The van der Waals surface area contributed by atoms with Crippen LogP contribution in [0.5, 0.6) is 0 Å². The summed E-state index contributed by atoms with van der Waals surface area (Å²) < 4.78 is 25.1. The summed E-state index contributed by atoms with van der Waals surface area (Å²) in [5.41, 5.74) is 0.441. The normalized spacial score (nSPS) is 13.0. The summed E-state index contributed by atoms with van der Waals surface area (Å²) in [6.07, 6.45) is 0. The van der Waals surface area contributed by atoms with E-state index in [2.05, 4.69) is 12.6 Å². The monoisotopic (exact) mass is 333 g/mol. The number of carbonyl (C=O) groups is 2. The SMILES string of the molecule is O=C(O)CN([C@@H](CS)C(=O)O)S(=O)(=O)Cc1ccccc1. The van der Waals surface area contributed by atoms with E-state index in [1.54, 1.807) is 30.3 Å². The fourth-order valence-corrected chi connectivity index (χ4v) is 3.80. The maximum absolute atomic E-state index is 12.3. The first kappa shape index (κ1) is 17.5. The van der Waals surface area contributed by atoms with E-state index < -0.39 is 40.3 Å². The van der Waals surface area contributed by atoms with E-state index in [0.29, 0.717) is 9.87 Å². The first-order valence-corrected chi connectivity index (χ1v) is 8.11. The van der Waals surface area contributed by atoms with Crippen molar-refractivity contribution in [1.82, 2.24) is 4.31 Å². The Bertz CT molecular complexity index is 601. The minimum absolute atomic E-state index is 0.323. The number of thiol groups is 1. The van der Waals surface area contributed by atoms with Crippen LogP contribution in [0.25, 0.3) is 0 Å². The number of aliphatic carboxylic acids is 2. The molecule has 1 aromatic rings. The summed E-state index contributed by atoms with van der Waals surface area (Å²) in [5.74, 6) is -3.67. The van der Waals surface area contributed by atoms with Crippen LogP contribution in [0.1, 0.15) is 5.56 Å². The van der Waals surface area contributed by atoms with E-state index in [1.165, 1.54) is 0 Å². The Labute approximate surface area is 127 Å². The van der Waals surface area contributed by atoms with Crippen LogP contribution >= 0.6 is 12.6 Å².